The number of hydrogen-bond acceptors (Lipinski definition) is 5. The van der Waals surface area contributed by atoms with Crippen LogP contribution in [0.3, 0.4) is 0 Å². The van der Waals surface area contributed by atoms with Crippen LogP contribution in [0.2, 0.25) is 0 Å². The highest BCUT2D eigenvalue weighted by atomic mass is 19.1. The smallest absolute Gasteiger partial charge is 0.254 e. The van der Waals surface area contributed by atoms with Gasteiger partial charge in [0.05, 0.1) is 11.3 Å². The van der Waals surface area contributed by atoms with E-state index in [1.165, 1.54) is 18.5 Å². The summed E-state index contributed by atoms with van der Waals surface area (Å²) in [6.07, 6.45) is 5.29. The van der Waals surface area contributed by atoms with Crippen molar-refractivity contribution >= 4 is 0 Å². The maximum absolute atomic E-state index is 13.4. The topological polar surface area (TPSA) is 74.8 Å². The monoisotopic (exact) mass is 337 g/mol. The van der Waals surface area contributed by atoms with Crippen LogP contribution in [0.1, 0.15) is 16.8 Å². The number of halogens is 1. The Labute approximate surface area is 143 Å². The maximum atomic E-state index is 13.4. The number of aromatic amines is 1. The van der Waals surface area contributed by atoms with Crippen LogP contribution in [0, 0.1) is 5.82 Å². The van der Waals surface area contributed by atoms with E-state index in [0.717, 1.165) is 23.4 Å². The molecule has 0 amide bonds. The van der Waals surface area contributed by atoms with Crippen molar-refractivity contribution in [3.63, 3.8) is 0 Å². The van der Waals surface area contributed by atoms with Crippen molar-refractivity contribution in [3.8, 4) is 11.4 Å². The van der Waals surface area contributed by atoms with Crippen LogP contribution >= 0.6 is 0 Å². The molecule has 0 saturated carbocycles. The molecule has 126 valence electrons. The van der Waals surface area contributed by atoms with E-state index in [1.54, 1.807) is 18.5 Å². The Morgan fingerprint density at radius 1 is 1.24 bits per heavy atom. The van der Waals surface area contributed by atoms with E-state index in [-0.39, 0.29) is 11.4 Å². The SMILES string of the molecule is O=c1[nH]c(-c2cncnc2)nc2c1CCN(Cc1cccc(F)c1)C2. The molecule has 4 rings (SSSR count). The molecule has 0 unspecified atom stereocenters. The maximum Gasteiger partial charge on any atom is 0.254 e. The Morgan fingerprint density at radius 3 is 2.88 bits per heavy atom. The second-order valence-electron chi connectivity index (χ2n) is 6.06. The minimum atomic E-state index is -0.240. The quantitative estimate of drug-likeness (QED) is 0.790. The van der Waals surface area contributed by atoms with E-state index in [1.807, 2.05) is 6.07 Å². The van der Waals surface area contributed by atoms with Gasteiger partial charge in [-0.1, -0.05) is 12.1 Å². The van der Waals surface area contributed by atoms with Gasteiger partial charge < -0.3 is 4.98 Å². The first kappa shape index (κ1) is 15.6. The van der Waals surface area contributed by atoms with Gasteiger partial charge in [0, 0.05) is 37.6 Å². The first-order chi connectivity index (χ1) is 12.2. The summed E-state index contributed by atoms with van der Waals surface area (Å²) < 4.78 is 13.4. The summed E-state index contributed by atoms with van der Waals surface area (Å²) in [5.74, 6) is 0.229. The molecule has 0 radical (unpaired) electrons. The fourth-order valence-electron chi connectivity index (χ4n) is 3.08. The molecule has 0 fully saturated rings. The lowest BCUT2D eigenvalue weighted by atomic mass is 10.1. The van der Waals surface area contributed by atoms with Gasteiger partial charge >= 0.3 is 0 Å². The van der Waals surface area contributed by atoms with Gasteiger partial charge in [-0.05, 0) is 24.1 Å². The van der Waals surface area contributed by atoms with Gasteiger partial charge in [0.2, 0.25) is 0 Å². The second-order valence-corrected chi connectivity index (χ2v) is 6.06. The molecule has 1 aliphatic heterocycles. The normalized spacial score (nSPS) is 14.3. The summed E-state index contributed by atoms with van der Waals surface area (Å²) in [7, 11) is 0. The summed E-state index contributed by atoms with van der Waals surface area (Å²) >= 11 is 0. The molecule has 3 aromatic rings. The van der Waals surface area contributed by atoms with E-state index < -0.39 is 0 Å². The molecule has 1 aliphatic rings. The van der Waals surface area contributed by atoms with Crippen LogP contribution in [0.5, 0.6) is 0 Å². The molecule has 3 heterocycles. The summed E-state index contributed by atoms with van der Waals surface area (Å²) in [4.78, 5) is 29.9. The molecule has 25 heavy (non-hydrogen) atoms. The van der Waals surface area contributed by atoms with Gasteiger partial charge in [-0.25, -0.2) is 19.3 Å². The van der Waals surface area contributed by atoms with Crippen molar-refractivity contribution in [3.05, 3.63) is 76.0 Å². The number of benzene rings is 1. The van der Waals surface area contributed by atoms with Gasteiger partial charge in [0.15, 0.2) is 0 Å². The molecule has 1 aromatic carbocycles. The van der Waals surface area contributed by atoms with Crippen LogP contribution in [0.25, 0.3) is 11.4 Å². The van der Waals surface area contributed by atoms with Crippen LogP contribution in [0.15, 0.2) is 47.8 Å². The van der Waals surface area contributed by atoms with Crippen molar-refractivity contribution in [2.24, 2.45) is 0 Å². The second kappa shape index (κ2) is 6.52. The molecule has 7 heteroatoms. The minimum Gasteiger partial charge on any atom is -0.306 e. The number of rotatable bonds is 3. The fourth-order valence-corrected chi connectivity index (χ4v) is 3.08. The van der Waals surface area contributed by atoms with Gasteiger partial charge in [0.1, 0.15) is 18.0 Å². The molecule has 1 N–H and O–H groups in total. The molecule has 0 aliphatic carbocycles. The average Bonchev–Trinajstić information content (AvgIpc) is 2.62. The Balaban J connectivity index is 1.61. The first-order valence-corrected chi connectivity index (χ1v) is 8.03. The summed E-state index contributed by atoms with van der Waals surface area (Å²) in [6.45, 7) is 1.91. The van der Waals surface area contributed by atoms with Crippen molar-refractivity contribution in [2.45, 2.75) is 19.5 Å². The molecule has 0 saturated heterocycles. The highest BCUT2D eigenvalue weighted by Crippen LogP contribution is 2.19. The van der Waals surface area contributed by atoms with E-state index in [9.17, 15) is 9.18 Å². The third kappa shape index (κ3) is 3.32. The molecule has 6 nitrogen and oxygen atoms in total. The van der Waals surface area contributed by atoms with Crippen LogP contribution in [-0.2, 0) is 19.5 Å². The van der Waals surface area contributed by atoms with Gasteiger partial charge in [0.25, 0.3) is 5.56 Å². The third-order valence-corrected chi connectivity index (χ3v) is 4.28. The van der Waals surface area contributed by atoms with Gasteiger partial charge in [-0.15, -0.1) is 0 Å². The van der Waals surface area contributed by atoms with Crippen molar-refractivity contribution in [1.82, 2.24) is 24.8 Å². The highest BCUT2D eigenvalue weighted by molar-refractivity contribution is 5.52. The lowest BCUT2D eigenvalue weighted by Crippen LogP contribution is -2.35. The largest absolute Gasteiger partial charge is 0.306 e. The molecular weight excluding hydrogens is 321 g/mol. The summed E-state index contributed by atoms with van der Waals surface area (Å²) in [5.41, 5.74) is 2.94. The van der Waals surface area contributed by atoms with Gasteiger partial charge in [-0.2, -0.15) is 0 Å². The zero-order chi connectivity index (χ0) is 17.2. The zero-order valence-electron chi connectivity index (χ0n) is 13.4. The first-order valence-electron chi connectivity index (χ1n) is 8.03. The van der Waals surface area contributed by atoms with Crippen molar-refractivity contribution in [1.29, 1.82) is 0 Å². The van der Waals surface area contributed by atoms with Gasteiger partial charge in [-0.3, -0.25) is 9.69 Å². The highest BCUT2D eigenvalue weighted by Gasteiger charge is 2.21. The Bertz CT molecular complexity index is 957. The number of aromatic nitrogens is 4. The molecule has 0 atom stereocenters. The predicted octanol–water partition coefficient (Wildman–Crippen LogP) is 1.92. The predicted molar refractivity (Wildman–Crippen MR) is 90.1 cm³/mol. The number of hydrogen-bond donors (Lipinski definition) is 1. The van der Waals surface area contributed by atoms with Crippen LogP contribution < -0.4 is 5.56 Å². The summed E-state index contributed by atoms with van der Waals surface area (Å²) in [5, 5.41) is 0. The van der Waals surface area contributed by atoms with E-state index >= 15 is 0 Å². The lowest BCUT2D eigenvalue weighted by molar-refractivity contribution is 0.240. The summed E-state index contributed by atoms with van der Waals surface area (Å²) in [6, 6.07) is 6.58. The Morgan fingerprint density at radius 2 is 2.08 bits per heavy atom. The lowest BCUT2D eigenvalue weighted by Gasteiger charge is -2.27. The number of nitrogens with zero attached hydrogens (tertiary/aromatic N) is 4. The van der Waals surface area contributed by atoms with Crippen LogP contribution in [-0.4, -0.2) is 31.4 Å². The Kier molecular flexibility index (Phi) is 4.07. The average molecular weight is 337 g/mol. The number of fused-ring (bicyclic) bond motifs is 1. The van der Waals surface area contributed by atoms with E-state index in [4.69, 9.17) is 0 Å². The van der Waals surface area contributed by atoms with Crippen LogP contribution in [0.4, 0.5) is 4.39 Å². The number of nitrogens with one attached hydrogen (secondary N) is 1. The zero-order valence-corrected chi connectivity index (χ0v) is 13.4. The molecular formula is C18H16FN5O. The standard InChI is InChI=1S/C18H16FN5O/c19-14-3-1-2-12(6-14)9-24-5-4-15-16(10-24)22-17(23-18(15)25)13-7-20-11-21-8-13/h1-3,6-8,11H,4-5,9-10H2,(H,22,23,25). The van der Waals surface area contributed by atoms with Crippen molar-refractivity contribution in [2.75, 3.05) is 6.54 Å². The van der Waals surface area contributed by atoms with E-state index in [2.05, 4.69) is 24.8 Å². The van der Waals surface area contributed by atoms with Crippen molar-refractivity contribution < 1.29 is 4.39 Å². The minimum absolute atomic E-state index is 0.116. The fraction of sp³-hybridized carbons (Fsp3) is 0.222. The Hall–Kier alpha value is -2.93. The molecule has 0 bridgehead atoms. The third-order valence-electron chi connectivity index (χ3n) is 4.28. The number of H-pyrrole nitrogens is 1. The van der Waals surface area contributed by atoms with E-state index in [0.29, 0.717) is 30.9 Å². The molecule has 2 aromatic heterocycles. The molecule has 0 spiro atoms.